The van der Waals surface area contributed by atoms with Gasteiger partial charge in [-0.3, -0.25) is 4.79 Å². The van der Waals surface area contributed by atoms with Crippen LogP contribution in [-0.4, -0.2) is 23.2 Å². The van der Waals surface area contributed by atoms with E-state index in [9.17, 15) is 9.90 Å². The Kier molecular flexibility index (Phi) is 3.33. The number of nitrogens with one attached hydrogen (secondary N) is 1. The van der Waals surface area contributed by atoms with Crippen molar-refractivity contribution in [2.75, 3.05) is 6.54 Å². The molecule has 3 nitrogen and oxygen atoms in total. The molecular weight excluding hydrogens is 190 g/mol. The molecule has 0 aliphatic heterocycles. The highest BCUT2D eigenvalue weighted by Crippen LogP contribution is 2.29. The number of aliphatic hydroxyl groups is 1. The smallest absolute Gasteiger partial charge is 0.252 e. The normalized spacial score (nSPS) is 19.8. The van der Waals surface area contributed by atoms with Gasteiger partial charge in [-0.05, 0) is 25.7 Å². The molecule has 1 fully saturated rings. The van der Waals surface area contributed by atoms with Crippen molar-refractivity contribution in [1.82, 2.24) is 5.32 Å². The fourth-order valence-electron chi connectivity index (χ4n) is 1.53. The predicted molar refractivity (Wildman–Crippen MR) is 51.4 cm³/mol. The van der Waals surface area contributed by atoms with Crippen LogP contribution in [0.2, 0.25) is 0 Å². The third kappa shape index (κ3) is 2.71. The van der Waals surface area contributed by atoms with E-state index in [0.29, 0.717) is 17.9 Å². The van der Waals surface area contributed by atoms with Crippen LogP contribution < -0.4 is 5.32 Å². The molecule has 4 heteroatoms. The van der Waals surface area contributed by atoms with Gasteiger partial charge in [0.2, 0.25) is 0 Å². The van der Waals surface area contributed by atoms with E-state index in [1.165, 1.54) is 0 Å². The predicted octanol–water partition coefficient (Wildman–Crippen LogP) is 1.16. The van der Waals surface area contributed by atoms with Gasteiger partial charge in [-0.15, -0.1) is 0 Å². The van der Waals surface area contributed by atoms with E-state index in [4.69, 9.17) is 11.6 Å². The van der Waals surface area contributed by atoms with E-state index in [1.807, 2.05) is 0 Å². The molecule has 0 atom stereocenters. The maximum absolute atomic E-state index is 11.4. The molecule has 2 N–H and O–H groups in total. The Morgan fingerprint density at radius 1 is 1.54 bits per heavy atom. The third-order valence-electron chi connectivity index (χ3n) is 2.29. The highest BCUT2D eigenvalue weighted by atomic mass is 35.5. The van der Waals surface area contributed by atoms with Crippen LogP contribution in [0.15, 0.2) is 11.6 Å². The van der Waals surface area contributed by atoms with E-state index < -0.39 is 5.60 Å². The Morgan fingerprint density at radius 3 is 2.54 bits per heavy atom. The standard InChI is InChI=1S/C9H14ClNO2/c1-7(10)6-11-8(12)9(13)4-2-3-5-9/h13H,1-6H2,(H,11,12). The quantitative estimate of drug-likeness (QED) is 0.723. The molecule has 1 aliphatic carbocycles. The van der Waals surface area contributed by atoms with Crippen molar-refractivity contribution in [3.05, 3.63) is 11.6 Å². The lowest BCUT2D eigenvalue weighted by molar-refractivity contribution is -0.138. The topological polar surface area (TPSA) is 49.3 Å². The first-order chi connectivity index (χ1) is 6.04. The van der Waals surface area contributed by atoms with Gasteiger partial charge < -0.3 is 10.4 Å². The van der Waals surface area contributed by atoms with E-state index in [2.05, 4.69) is 11.9 Å². The molecule has 0 heterocycles. The van der Waals surface area contributed by atoms with Gasteiger partial charge in [0, 0.05) is 5.03 Å². The molecule has 74 valence electrons. The fourth-order valence-corrected chi connectivity index (χ4v) is 1.59. The minimum absolute atomic E-state index is 0.225. The van der Waals surface area contributed by atoms with Crippen LogP contribution in [0.1, 0.15) is 25.7 Å². The Bertz CT molecular complexity index is 222. The summed E-state index contributed by atoms with van der Waals surface area (Å²) in [5.41, 5.74) is -1.16. The average Bonchev–Trinajstić information content (AvgIpc) is 2.49. The molecule has 0 aromatic rings. The Hall–Kier alpha value is -0.540. The second kappa shape index (κ2) is 4.11. The summed E-state index contributed by atoms with van der Waals surface area (Å²) in [7, 11) is 0. The van der Waals surface area contributed by atoms with Crippen molar-refractivity contribution in [3.63, 3.8) is 0 Å². The minimum Gasteiger partial charge on any atom is -0.380 e. The molecule has 1 amide bonds. The van der Waals surface area contributed by atoms with Crippen molar-refractivity contribution < 1.29 is 9.90 Å². The number of hydrogen-bond donors (Lipinski definition) is 2. The molecule has 0 saturated heterocycles. The van der Waals surface area contributed by atoms with Gasteiger partial charge in [0.15, 0.2) is 0 Å². The van der Waals surface area contributed by atoms with E-state index in [0.717, 1.165) is 12.8 Å². The van der Waals surface area contributed by atoms with Crippen LogP contribution in [-0.2, 0) is 4.79 Å². The van der Waals surface area contributed by atoms with Gasteiger partial charge in [0.05, 0.1) is 6.54 Å². The van der Waals surface area contributed by atoms with Crippen molar-refractivity contribution >= 4 is 17.5 Å². The Balaban J connectivity index is 2.42. The second-order valence-electron chi connectivity index (χ2n) is 3.44. The molecule has 0 unspecified atom stereocenters. The molecule has 13 heavy (non-hydrogen) atoms. The van der Waals surface area contributed by atoms with Crippen molar-refractivity contribution in [2.45, 2.75) is 31.3 Å². The van der Waals surface area contributed by atoms with Crippen LogP contribution in [0.3, 0.4) is 0 Å². The lowest BCUT2D eigenvalue weighted by Gasteiger charge is -2.20. The van der Waals surface area contributed by atoms with Gasteiger partial charge in [-0.1, -0.05) is 18.2 Å². The van der Waals surface area contributed by atoms with Gasteiger partial charge in [0.1, 0.15) is 5.60 Å². The van der Waals surface area contributed by atoms with E-state index in [-0.39, 0.29) is 12.5 Å². The fraction of sp³-hybridized carbons (Fsp3) is 0.667. The Labute approximate surface area is 82.8 Å². The first kappa shape index (κ1) is 10.5. The monoisotopic (exact) mass is 203 g/mol. The van der Waals surface area contributed by atoms with Crippen molar-refractivity contribution in [1.29, 1.82) is 0 Å². The van der Waals surface area contributed by atoms with Gasteiger partial charge in [0.25, 0.3) is 5.91 Å². The summed E-state index contributed by atoms with van der Waals surface area (Å²) in [5.74, 6) is -0.327. The number of carbonyl (C=O) groups is 1. The maximum atomic E-state index is 11.4. The summed E-state index contributed by atoms with van der Waals surface area (Å²) in [6.07, 6.45) is 2.92. The van der Waals surface area contributed by atoms with Crippen molar-refractivity contribution in [2.24, 2.45) is 0 Å². The number of amides is 1. The maximum Gasteiger partial charge on any atom is 0.252 e. The number of hydrogen-bond acceptors (Lipinski definition) is 2. The van der Waals surface area contributed by atoms with Crippen LogP contribution in [0.5, 0.6) is 0 Å². The highest BCUT2D eigenvalue weighted by Gasteiger charge is 2.38. The second-order valence-corrected chi connectivity index (χ2v) is 3.97. The van der Waals surface area contributed by atoms with Crippen molar-refractivity contribution in [3.8, 4) is 0 Å². The summed E-state index contributed by atoms with van der Waals surface area (Å²) in [5, 5.41) is 12.7. The van der Waals surface area contributed by atoms with Gasteiger partial charge in [-0.2, -0.15) is 0 Å². The van der Waals surface area contributed by atoms with Crippen LogP contribution in [0, 0.1) is 0 Å². The van der Waals surface area contributed by atoms with E-state index in [1.54, 1.807) is 0 Å². The number of rotatable bonds is 3. The van der Waals surface area contributed by atoms with Gasteiger partial charge in [-0.25, -0.2) is 0 Å². The molecule has 1 rings (SSSR count). The zero-order chi connectivity index (χ0) is 9.90. The molecule has 0 aromatic carbocycles. The summed E-state index contributed by atoms with van der Waals surface area (Å²) >= 11 is 5.48. The molecule has 0 bridgehead atoms. The third-order valence-corrected chi connectivity index (χ3v) is 2.43. The zero-order valence-electron chi connectivity index (χ0n) is 7.48. The number of halogens is 1. The first-order valence-electron chi connectivity index (χ1n) is 4.38. The average molecular weight is 204 g/mol. The van der Waals surface area contributed by atoms with Gasteiger partial charge >= 0.3 is 0 Å². The summed E-state index contributed by atoms with van der Waals surface area (Å²) < 4.78 is 0. The molecular formula is C9H14ClNO2. The first-order valence-corrected chi connectivity index (χ1v) is 4.76. The largest absolute Gasteiger partial charge is 0.380 e. The summed E-state index contributed by atoms with van der Waals surface area (Å²) in [6, 6.07) is 0. The molecule has 0 spiro atoms. The van der Waals surface area contributed by atoms with Crippen LogP contribution in [0.25, 0.3) is 0 Å². The lowest BCUT2D eigenvalue weighted by Crippen LogP contribution is -2.45. The SMILES string of the molecule is C=C(Cl)CNC(=O)C1(O)CCCC1. The van der Waals surface area contributed by atoms with E-state index >= 15 is 0 Å². The minimum atomic E-state index is -1.16. The van der Waals surface area contributed by atoms with Crippen LogP contribution in [0.4, 0.5) is 0 Å². The molecule has 1 aliphatic rings. The number of carbonyl (C=O) groups excluding carboxylic acids is 1. The highest BCUT2D eigenvalue weighted by molar-refractivity contribution is 6.29. The zero-order valence-corrected chi connectivity index (χ0v) is 8.23. The molecule has 0 radical (unpaired) electrons. The summed E-state index contributed by atoms with van der Waals surface area (Å²) in [4.78, 5) is 11.4. The molecule has 0 aromatic heterocycles. The summed E-state index contributed by atoms with van der Waals surface area (Å²) in [6.45, 7) is 3.67. The van der Waals surface area contributed by atoms with Crippen LogP contribution >= 0.6 is 11.6 Å². The molecule has 1 saturated carbocycles. The lowest BCUT2D eigenvalue weighted by atomic mass is 10.0. The Morgan fingerprint density at radius 2 is 2.08 bits per heavy atom.